The lowest BCUT2D eigenvalue weighted by atomic mass is 10.1. The Labute approximate surface area is 87.1 Å². The van der Waals surface area contributed by atoms with Crippen LogP contribution >= 0.6 is 0 Å². The minimum atomic E-state index is -0.330. The minimum absolute atomic E-state index is 0.0954. The average Bonchev–Trinajstić information content (AvgIpc) is 2.53. The number of hydrogen-bond acceptors (Lipinski definition) is 3. The fourth-order valence-electron chi connectivity index (χ4n) is 1.45. The van der Waals surface area contributed by atoms with Crippen molar-refractivity contribution >= 4 is 11.9 Å². The van der Waals surface area contributed by atoms with E-state index in [1.807, 2.05) is 13.0 Å². The van der Waals surface area contributed by atoms with Gasteiger partial charge in [0, 0.05) is 12.4 Å². The van der Waals surface area contributed by atoms with Crippen LogP contribution in [0.1, 0.15) is 11.1 Å². The van der Waals surface area contributed by atoms with E-state index in [9.17, 15) is 9.59 Å². The molecule has 0 aromatic carbocycles. The summed E-state index contributed by atoms with van der Waals surface area (Å²) in [5, 5.41) is 2.48. The Morgan fingerprint density at radius 3 is 2.93 bits per heavy atom. The maximum atomic E-state index is 11.3. The standard InChI is InChI=1S/C10H11N3O2/c1-7-2-3-11-4-8(7)6-13-9(14)5-12-10(13)15/h2-4H,5-6H2,1H3,(H,12,15). The van der Waals surface area contributed by atoms with E-state index in [0.717, 1.165) is 11.1 Å². The van der Waals surface area contributed by atoms with Crippen molar-refractivity contribution in [1.29, 1.82) is 0 Å². The van der Waals surface area contributed by atoms with Gasteiger partial charge in [-0.3, -0.25) is 14.7 Å². The molecule has 1 aromatic rings. The monoisotopic (exact) mass is 205 g/mol. The molecule has 0 aliphatic carbocycles. The molecule has 15 heavy (non-hydrogen) atoms. The van der Waals surface area contributed by atoms with Gasteiger partial charge in [-0.25, -0.2) is 4.79 Å². The first-order valence-corrected chi connectivity index (χ1v) is 4.66. The molecular weight excluding hydrogens is 194 g/mol. The molecule has 0 unspecified atom stereocenters. The molecule has 0 spiro atoms. The van der Waals surface area contributed by atoms with Crippen LogP contribution in [0.5, 0.6) is 0 Å². The lowest BCUT2D eigenvalue weighted by Gasteiger charge is -2.13. The van der Waals surface area contributed by atoms with Crippen LogP contribution in [0.2, 0.25) is 0 Å². The highest BCUT2D eigenvalue weighted by Gasteiger charge is 2.28. The van der Waals surface area contributed by atoms with Gasteiger partial charge in [0.05, 0.1) is 13.1 Å². The smallest absolute Gasteiger partial charge is 0.324 e. The van der Waals surface area contributed by atoms with Crippen LogP contribution in [0, 0.1) is 6.92 Å². The van der Waals surface area contributed by atoms with Gasteiger partial charge in [0.2, 0.25) is 5.91 Å². The van der Waals surface area contributed by atoms with Gasteiger partial charge in [0.15, 0.2) is 0 Å². The molecule has 2 heterocycles. The largest absolute Gasteiger partial charge is 0.329 e. The number of nitrogens with one attached hydrogen (secondary N) is 1. The molecule has 2 rings (SSSR count). The lowest BCUT2D eigenvalue weighted by Crippen LogP contribution is -2.30. The minimum Gasteiger partial charge on any atom is -0.329 e. The number of nitrogens with zero attached hydrogens (tertiary/aromatic N) is 2. The summed E-state index contributed by atoms with van der Waals surface area (Å²) in [6, 6.07) is 1.52. The molecule has 1 aromatic heterocycles. The zero-order valence-electron chi connectivity index (χ0n) is 8.36. The second-order valence-corrected chi connectivity index (χ2v) is 3.44. The van der Waals surface area contributed by atoms with Crippen LogP contribution in [0.3, 0.4) is 0 Å². The SMILES string of the molecule is Cc1ccncc1CN1C(=O)CNC1=O. The van der Waals surface area contributed by atoms with Crippen molar-refractivity contribution in [2.45, 2.75) is 13.5 Å². The number of urea groups is 1. The zero-order chi connectivity index (χ0) is 10.8. The Bertz CT molecular complexity index is 401. The Morgan fingerprint density at radius 2 is 2.33 bits per heavy atom. The molecule has 1 N–H and O–H groups in total. The summed E-state index contributed by atoms with van der Waals surface area (Å²) < 4.78 is 0. The normalized spacial score (nSPS) is 15.7. The van der Waals surface area contributed by atoms with Crippen molar-refractivity contribution in [2.24, 2.45) is 0 Å². The van der Waals surface area contributed by atoms with Crippen molar-refractivity contribution in [3.63, 3.8) is 0 Å². The van der Waals surface area contributed by atoms with Gasteiger partial charge in [-0.1, -0.05) is 0 Å². The summed E-state index contributed by atoms with van der Waals surface area (Å²) in [5.41, 5.74) is 1.92. The summed E-state index contributed by atoms with van der Waals surface area (Å²) >= 11 is 0. The van der Waals surface area contributed by atoms with Gasteiger partial charge in [-0.2, -0.15) is 0 Å². The van der Waals surface area contributed by atoms with E-state index >= 15 is 0 Å². The predicted molar refractivity (Wildman–Crippen MR) is 52.9 cm³/mol. The first-order chi connectivity index (χ1) is 7.18. The van der Waals surface area contributed by atoms with E-state index in [2.05, 4.69) is 10.3 Å². The second kappa shape index (κ2) is 3.68. The van der Waals surface area contributed by atoms with E-state index in [1.165, 1.54) is 4.90 Å². The third kappa shape index (κ3) is 1.81. The second-order valence-electron chi connectivity index (χ2n) is 3.44. The molecular formula is C10H11N3O2. The van der Waals surface area contributed by atoms with Crippen LogP contribution in [0.4, 0.5) is 4.79 Å². The molecule has 1 saturated heterocycles. The number of aryl methyl sites for hydroxylation is 1. The number of aromatic nitrogens is 1. The van der Waals surface area contributed by atoms with Gasteiger partial charge in [0.1, 0.15) is 0 Å². The summed E-state index contributed by atoms with van der Waals surface area (Å²) in [5.74, 6) is -0.191. The fraction of sp³-hybridized carbons (Fsp3) is 0.300. The number of hydrogen-bond donors (Lipinski definition) is 1. The Morgan fingerprint density at radius 1 is 1.53 bits per heavy atom. The average molecular weight is 205 g/mol. The van der Waals surface area contributed by atoms with Crippen molar-refractivity contribution in [1.82, 2.24) is 15.2 Å². The molecule has 0 bridgehead atoms. The lowest BCUT2D eigenvalue weighted by molar-refractivity contribution is -0.125. The first kappa shape index (κ1) is 9.64. The molecule has 78 valence electrons. The quantitative estimate of drug-likeness (QED) is 0.713. The van der Waals surface area contributed by atoms with Crippen molar-refractivity contribution in [3.05, 3.63) is 29.6 Å². The van der Waals surface area contributed by atoms with Crippen molar-refractivity contribution in [2.75, 3.05) is 6.54 Å². The molecule has 0 atom stereocenters. The van der Waals surface area contributed by atoms with E-state index in [1.54, 1.807) is 12.4 Å². The zero-order valence-corrected chi connectivity index (χ0v) is 8.36. The van der Waals surface area contributed by atoms with E-state index in [-0.39, 0.29) is 18.5 Å². The molecule has 1 aliphatic rings. The molecule has 1 aliphatic heterocycles. The van der Waals surface area contributed by atoms with Crippen LogP contribution < -0.4 is 5.32 Å². The molecule has 3 amide bonds. The third-order valence-corrected chi connectivity index (χ3v) is 2.41. The predicted octanol–water partition coefficient (Wildman–Crippen LogP) is 0.442. The maximum absolute atomic E-state index is 11.3. The van der Waals surface area contributed by atoms with Crippen LogP contribution in [0.15, 0.2) is 18.5 Å². The van der Waals surface area contributed by atoms with Crippen LogP contribution in [-0.2, 0) is 11.3 Å². The maximum Gasteiger partial charge on any atom is 0.324 e. The molecule has 5 heteroatoms. The molecule has 0 radical (unpaired) electrons. The van der Waals surface area contributed by atoms with Gasteiger partial charge in [0.25, 0.3) is 0 Å². The highest BCUT2D eigenvalue weighted by Crippen LogP contribution is 2.11. The van der Waals surface area contributed by atoms with Crippen molar-refractivity contribution < 1.29 is 9.59 Å². The molecule has 0 saturated carbocycles. The van der Waals surface area contributed by atoms with Gasteiger partial charge in [-0.15, -0.1) is 0 Å². The fourth-order valence-corrected chi connectivity index (χ4v) is 1.45. The van der Waals surface area contributed by atoms with Crippen LogP contribution in [0.25, 0.3) is 0 Å². The van der Waals surface area contributed by atoms with E-state index in [0.29, 0.717) is 6.54 Å². The van der Waals surface area contributed by atoms with E-state index in [4.69, 9.17) is 0 Å². The summed E-state index contributed by atoms with van der Waals surface area (Å²) in [4.78, 5) is 27.8. The number of rotatable bonds is 2. The van der Waals surface area contributed by atoms with E-state index < -0.39 is 0 Å². The third-order valence-electron chi connectivity index (χ3n) is 2.41. The Balaban J connectivity index is 2.18. The van der Waals surface area contributed by atoms with Gasteiger partial charge in [-0.05, 0) is 24.1 Å². The first-order valence-electron chi connectivity index (χ1n) is 4.66. The Hall–Kier alpha value is -1.91. The van der Waals surface area contributed by atoms with Crippen LogP contribution in [-0.4, -0.2) is 28.4 Å². The summed E-state index contributed by atoms with van der Waals surface area (Å²) in [7, 11) is 0. The van der Waals surface area contributed by atoms with Crippen molar-refractivity contribution in [3.8, 4) is 0 Å². The number of imide groups is 1. The Kier molecular flexibility index (Phi) is 2.37. The van der Waals surface area contributed by atoms with Gasteiger partial charge < -0.3 is 5.32 Å². The number of amides is 3. The summed E-state index contributed by atoms with van der Waals surface area (Å²) in [6.45, 7) is 2.32. The topological polar surface area (TPSA) is 62.3 Å². The number of pyridine rings is 1. The summed E-state index contributed by atoms with van der Waals surface area (Å²) in [6.07, 6.45) is 3.36. The molecule has 5 nitrogen and oxygen atoms in total. The number of carbonyl (C=O) groups is 2. The number of carbonyl (C=O) groups excluding carboxylic acids is 2. The van der Waals surface area contributed by atoms with Gasteiger partial charge >= 0.3 is 6.03 Å². The highest BCUT2D eigenvalue weighted by atomic mass is 16.2. The highest BCUT2D eigenvalue weighted by molar-refractivity contribution is 6.01. The molecule has 1 fully saturated rings.